The van der Waals surface area contributed by atoms with E-state index < -0.39 is 0 Å². The minimum Gasteiger partial charge on any atom is -0.497 e. The molecule has 32 heavy (non-hydrogen) atoms. The number of aromatic nitrogens is 1. The summed E-state index contributed by atoms with van der Waals surface area (Å²) in [6.45, 7) is 8.56. The average molecular weight is 434 g/mol. The molecule has 0 N–H and O–H groups in total. The zero-order valence-corrected chi connectivity index (χ0v) is 19.6. The van der Waals surface area contributed by atoms with Crippen molar-refractivity contribution in [1.82, 2.24) is 4.98 Å². The summed E-state index contributed by atoms with van der Waals surface area (Å²) in [6.07, 6.45) is 4.95. The number of rotatable bonds is 7. The summed E-state index contributed by atoms with van der Waals surface area (Å²) in [5.41, 5.74) is 4.39. The van der Waals surface area contributed by atoms with Crippen LogP contribution in [0.4, 0.5) is 4.39 Å². The first kappa shape index (κ1) is 22.4. The van der Waals surface area contributed by atoms with Gasteiger partial charge in [-0.25, -0.2) is 8.97 Å². The Balaban J connectivity index is 1.77. The smallest absolute Gasteiger partial charge is 0.171 e. The molecule has 4 heteroatoms. The topological polar surface area (TPSA) is 25.1 Å². The summed E-state index contributed by atoms with van der Waals surface area (Å²) in [4.78, 5) is 4.55. The van der Waals surface area contributed by atoms with E-state index >= 15 is 0 Å². The van der Waals surface area contributed by atoms with Crippen molar-refractivity contribution in [3.63, 3.8) is 0 Å². The lowest BCUT2D eigenvalue weighted by atomic mass is 9.75. The van der Waals surface area contributed by atoms with Crippen LogP contribution in [0, 0.1) is 23.6 Å². The fraction of sp³-hybridized carbons (Fsp3) is 0.429. The summed E-state index contributed by atoms with van der Waals surface area (Å²) in [5.74, 6) is 2.62. The van der Waals surface area contributed by atoms with Crippen LogP contribution in [0.5, 0.6) is 5.75 Å². The molecule has 2 aromatic carbocycles. The van der Waals surface area contributed by atoms with Gasteiger partial charge in [0.1, 0.15) is 18.1 Å². The Labute approximate surface area is 191 Å². The predicted molar refractivity (Wildman–Crippen MR) is 129 cm³/mol. The Hall–Kier alpha value is -2.75. The van der Waals surface area contributed by atoms with Gasteiger partial charge in [-0.05, 0) is 60.2 Å². The first-order valence-electron chi connectivity index (χ1n) is 11.7. The summed E-state index contributed by atoms with van der Waals surface area (Å²) < 4.78 is 22.4. The van der Waals surface area contributed by atoms with Crippen LogP contribution in [0.15, 0.2) is 54.7 Å². The molecule has 0 fully saturated rings. The molecular weight excluding hydrogens is 399 g/mol. The highest BCUT2D eigenvalue weighted by Gasteiger charge is 2.36. The third-order valence-corrected chi connectivity index (χ3v) is 7.11. The van der Waals surface area contributed by atoms with E-state index in [1.165, 1.54) is 11.3 Å². The van der Waals surface area contributed by atoms with Gasteiger partial charge in [0.2, 0.25) is 0 Å². The van der Waals surface area contributed by atoms with Crippen LogP contribution < -0.4 is 4.74 Å². The van der Waals surface area contributed by atoms with Crippen molar-refractivity contribution in [2.45, 2.75) is 46.6 Å². The molecule has 0 radical (unpaired) electrons. The van der Waals surface area contributed by atoms with Gasteiger partial charge < -0.3 is 4.74 Å². The molecule has 3 aromatic rings. The van der Waals surface area contributed by atoms with Crippen LogP contribution in [-0.2, 0) is 13.0 Å². The van der Waals surface area contributed by atoms with Crippen molar-refractivity contribution in [3.05, 3.63) is 71.7 Å². The second kappa shape index (κ2) is 9.81. The molecule has 1 aromatic heterocycles. The zero-order chi connectivity index (χ0) is 22.7. The average Bonchev–Trinajstić information content (AvgIpc) is 2.81. The van der Waals surface area contributed by atoms with E-state index in [1.807, 2.05) is 30.5 Å². The standard InChI is InChI=1S/C28H34FN2O/c1-5-20-17-31(18-22-8-6-7-9-27(22)29)23(15-25(20)19(2)3)14-21-12-13-30-28-11-10-24(32-4)16-26(21)28/h6-13,16,19-20,25H,5,14-15,17-18H2,1-4H3/q+1. The van der Waals surface area contributed by atoms with Gasteiger partial charge in [0.15, 0.2) is 12.3 Å². The van der Waals surface area contributed by atoms with E-state index in [9.17, 15) is 4.39 Å². The molecule has 1 aliphatic heterocycles. The molecule has 1 aliphatic rings. The third kappa shape index (κ3) is 4.69. The van der Waals surface area contributed by atoms with E-state index in [0.29, 0.717) is 24.3 Å². The van der Waals surface area contributed by atoms with Gasteiger partial charge in [0, 0.05) is 23.9 Å². The molecule has 0 amide bonds. The van der Waals surface area contributed by atoms with Crippen molar-refractivity contribution in [3.8, 4) is 5.75 Å². The Bertz CT molecular complexity index is 1120. The van der Waals surface area contributed by atoms with E-state index in [-0.39, 0.29) is 5.82 Å². The second-order valence-electron chi connectivity index (χ2n) is 9.35. The number of hydrogen-bond donors (Lipinski definition) is 0. The monoisotopic (exact) mass is 433 g/mol. The fourth-order valence-electron chi connectivity index (χ4n) is 5.20. The van der Waals surface area contributed by atoms with E-state index in [2.05, 4.69) is 42.5 Å². The molecule has 4 rings (SSSR count). The van der Waals surface area contributed by atoms with Crippen molar-refractivity contribution in [1.29, 1.82) is 0 Å². The molecule has 0 aliphatic carbocycles. The number of nitrogens with zero attached hydrogens (tertiary/aromatic N) is 2. The summed E-state index contributed by atoms with van der Waals surface area (Å²) in [7, 11) is 1.70. The minimum absolute atomic E-state index is 0.120. The maximum Gasteiger partial charge on any atom is 0.171 e. The van der Waals surface area contributed by atoms with Crippen LogP contribution in [0.2, 0.25) is 0 Å². The van der Waals surface area contributed by atoms with Gasteiger partial charge in [-0.1, -0.05) is 32.9 Å². The van der Waals surface area contributed by atoms with E-state index in [0.717, 1.165) is 48.0 Å². The number of fused-ring (bicyclic) bond motifs is 1. The SMILES string of the molecule is CCC1C[N+](Cc2ccccc2F)=C(Cc2ccnc3ccc(OC)cc23)CC1C(C)C. The highest BCUT2D eigenvalue weighted by molar-refractivity contribution is 5.90. The van der Waals surface area contributed by atoms with Crippen molar-refractivity contribution in [2.24, 2.45) is 17.8 Å². The maximum absolute atomic E-state index is 14.5. The quantitative estimate of drug-likeness (QED) is 0.410. The van der Waals surface area contributed by atoms with Crippen LogP contribution in [-0.4, -0.2) is 28.9 Å². The molecule has 3 nitrogen and oxygen atoms in total. The normalized spacial score (nSPS) is 19.1. The summed E-state index contributed by atoms with van der Waals surface area (Å²) >= 11 is 0. The van der Waals surface area contributed by atoms with Gasteiger partial charge in [-0.2, -0.15) is 0 Å². The first-order valence-corrected chi connectivity index (χ1v) is 11.7. The molecule has 0 spiro atoms. The molecule has 2 atom stereocenters. The number of methoxy groups -OCH3 is 1. The largest absolute Gasteiger partial charge is 0.497 e. The maximum atomic E-state index is 14.5. The number of pyridine rings is 1. The highest BCUT2D eigenvalue weighted by Crippen LogP contribution is 2.33. The van der Waals surface area contributed by atoms with Crippen LogP contribution in [0.25, 0.3) is 10.9 Å². The molecular formula is C28H34FN2O+. The van der Waals surface area contributed by atoms with Gasteiger partial charge in [-0.3, -0.25) is 4.98 Å². The van der Waals surface area contributed by atoms with Crippen LogP contribution in [0.1, 0.15) is 44.7 Å². The Kier molecular flexibility index (Phi) is 6.88. The van der Waals surface area contributed by atoms with Gasteiger partial charge in [-0.15, -0.1) is 0 Å². The molecule has 2 heterocycles. The van der Waals surface area contributed by atoms with Crippen LogP contribution in [0.3, 0.4) is 0 Å². The van der Waals surface area contributed by atoms with Crippen LogP contribution >= 0.6 is 0 Å². The predicted octanol–water partition coefficient (Wildman–Crippen LogP) is 6.28. The lowest BCUT2D eigenvalue weighted by Gasteiger charge is -2.33. The van der Waals surface area contributed by atoms with Gasteiger partial charge in [0.05, 0.1) is 24.6 Å². The van der Waals surface area contributed by atoms with E-state index in [4.69, 9.17) is 4.74 Å². The Morgan fingerprint density at radius 2 is 1.94 bits per heavy atom. The number of benzene rings is 2. The molecule has 168 valence electrons. The molecule has 0 saturated heterocycles. The Morgan fingerprint density at radius 3 is 2.66 bits per heavy atom. The summed E-state index contributed by atoms with van der Waals surface area (Å²) in [6, 6.07) is 15.3. The summed E-state index contributed by atoms with van der Waals surface area (Å²) in [5, 5.41) is 1.13. The Morgan fingerprint density at radius 1 is 1.12 bits per heavy atom. The first-order chi connectivity index (χ1) is 15.5. The lowest BCUT2D eigenvalue weighted by Crippen LogP contribution is -2.40. The number of halogens is 1. The van der Waals surface area contributed by atoms with E-state index in [1.54, 1.807) is 19.2 Å². The fourth-order valence-corrected chi connectivity index (χ4v) is 5.20. The third-order valence-electron chi connectivity index (χ3n) is 7.11. The second-order valence-corrected chi connectivity index (χ2v) is 9.35. The molecule has 0 bridgehead atoms. The van der Waals surface area contributed by atoms with Gasteiger partial charge >= 0.3 is 0 Å². The zero-order valence-electron chi connectivity index (χ0n) is 19.6. The molecule has 2 unspecified atom stereocenters. The number of hydrogen-bond acceptors (Lipinski definition) is 2. The highest BCUT2D eigenvalue weighted by atomic mass is 19.1. The van der Waals surface area contributed by atoms with Crippen molar-refractivity contribution >= 4 is 16.6 Å². The van der Waals surface area contributed by atoms with Gasteiger partial charge in [0.25, 0.3) is 0 Å². The lowest BCUT2D eigenvalue weighted by molar-refractivity contribution is -0.560. The molecule has 0 saturated carbocycles. The minimum atomic E-state index is -0.120. The van der Waals surface area contributed by atoms with Crippen molar-refractivity contribution in [2.75, 3.05) is 13.7 Å². The van der Waals surface area contributed by atoms with Crippen molar-refractivity contribution < 1.29 is 13.7 Å². The number of ether oxygens (including phenoxy) is 1.